The van der Waals surface area contributed by atoms with Crippen molar-refractivity contribution >= 4 is 52.1 Å². The summed E-state index contributed by atoms with van der Waals surface area (Å²) < 4.78 is 3.15. The van der Waals surface area contributed by atoms with E-state index >= 15 is 0 Å². The number of rotatable bonds is 9. The van der Waals surface area contributed by atoms with Gasteiger partial charge in [0.15, 0.2) is 0 Å². The summed E-state index contributed by atoms with van der Waals surface area (Å²) in [6.07, 6.45) is 4.36. The van der Waals surface area contributed by atoms with E-state index in [0.717, 1.165) is 10.9 Å². The fraction of sp³-hybridized carbons (Fsp3) is 0.107. The van der Waals surface area contributed by atoms with Crippen molar-refractivity contribution in [2.24, 2.45) is 7.05 Å². The van der Waals surface area contributed by atoms with Crippen LogP contribution in [0.2, 0.25) is 5.02 Å². The minimum absolute atomic E-state index is 0.0833. The first-order valence-electron chi connectivity index (χ1n) is 12.3. The third-order valence-corrected chi connectivity index (χ3v) is 6.50. The van der Waals surface area contributed by atoms with Crippen LogP contribution in [0, 0.1) is 0 Å². The molecule has 0 spiro atoms. The Morgan fingerprint density at radius 1 is 1.07 bits per heavy atom. The molecule has 3 N–H and O–H groups in total. The van der Waals surface area contributed by atoms with Crippen LogP contribution >= 0.6 is 11.6 Å². The second kappa shape index (κ2) is 11.8. The standard InChI is InChI=1S/C28H23ClN8O4/c1-36-25-5-3-2-4-21(25)22(33-36)15-23(27(39)31-20-10-6-17(7-11-20)28(40)41)32-26(38)13-8-18-14-19(29)9-12-24(18)37-16-30-34-35-37/h2-14,16,23H,15H2,1H3,(H,31,39)(H,32,38)(H,40,41)/t23-/m0/s1. The van der Waals surface area contributed by atoms with Crippen LogP contribution in [-0.2, 0) is 23.1 Å². The molecule has 0 fully saturated rings. The first-order chi connectivity index (χ1) is 19.8. The highest BCUT2D eigenvalue weighted by Crippen LogP contribution is 2.21. The molecule has 41 heavy (non-hydrogen) atoms. The van der Waals surface area contributed by atoms with Gasteiger partial charge in [0.2, 0.25) is 11.8 Å². The minimum Gasteiger partial charge on any atom is -0.478 e. The molecule has 5 aromatic rings. The molecule has 0 unspecified atom stereocenters. The Bertz CT molecular complexity index is 1760. The Morgan fingerprint density at radius 3 is 2.59 bits per heavy atom. The Morgan fingerprint density at radius 2 is 1.85 bits per heavy atom. The summed E-state index contributed by atoms with van der Waals surface area (Å²) in [6.45, 7) is 0. The van der Waals surface area contributed by atoms with Gasteiger partial charge in [-0.05, 0) is 65.0 Å². The van der Waals surface area contributed by atoms with E-state index in [-0.39, 0.29) is 12.0 Å². The van der Waals surface area contributed by atoms with Crippen LogP contribution in [0.5, 0.6) is 0 Å². The number of fused-ring (bicyclic) bond motifs is 1. The number of nitrogens with zero attached hydrogens (tertiary/aromatic N) is 6. The lowest BCUT2D eigenvalue weighted by Gasteiger charge is -2.17. The molecule has 13 heteroatoms. The van der Waals surface area contributed by atoms with Gasteiger partial charge in [0, 0.05) is 41.2 Å². The Labute approximate surface area is 238 Å². The minimum atomic E-state index is -1.08. The maximum atomic E-state index is 13.4. The Balaban J connectivity index is 1.40. The lowest BCUT2D eigenvalue weighted by Crippen LogP contribution is -2.44. The molecule has 0 saturated carbocycles. The van der Waals surface area contributed by atoms with Crippen LogP contribution in [0.4, 0.5) is 5.69 Å². The Kier molecular flexibility index (Phi) is 7.83. The summed E-state index contributed by atoms with van der Waals surface area (Å²) >= 11 is 6.17. The van der Waals surface area contributed by atoms with Gasteiger partial charge in [-0.2, -0.15) is 9.78 Å². The van der Waals surface area contributed by atoms with E-state index in [9.17, 15) is 14.4 Å². The molecule has 2 amide bonds. The monoisotopic (exact) mass is 570 g/mol. The highest BCUT2D eigenvalue weighted by atomic mass is 35.5. The number of para-hydroxylation sites is 1. The number of halogens is 1. The summed E-state index contributed by atoms with van der Waals surface area (Å²) in [6, 6.07) is 17.4. The number of aryl methyl sites for hydroxylation is 1. The summed E-state index contributed by atoms with van der Waals surface area (Å²) in [4.78, 5) is 37.7. The molecule has 206 valence electrons. The van der Waals surface area contributed by atoms with Crippen molar-refractivity contribution in [3.05, 3.63) is 101 Å². The second-order valence-corrected chi connectivity index (χ2v) is 9.45. The molecular formula is C28H23ClN8O4. The molecule has 0 aliphatic heterocycles. The summed E-state index contributed by atoms with van der Waals surface area (Å²) in [5, 5.41) is 31.7. The number of anilines is 1. The van der Waals surface area contributed by atoms with Gasteiger partial charge in [0.1, 0.15) is 12.4 Å². The zero-order valence-electron chi connectivity index (χ0n) is 21.6. The van der Waals surface area contributed by atoms with Crippen molar-refractivity contribution in [3.8, 4) is 5.69 Å². The number of carboxylic acids is 1. The van der Waals surface area contributed by atoms with Crippen molar-refractivity contribution in [2.45, 2.75) is 12.5 Å². The number of carbonyl (C=O) groups is 3. The highest BCUT2D eigenvalue weighted by molar-refractivity contribution is 6.30. The predicted octanol–water partition coefficient (Wildman–Crippen LogP) is 3.28. The van der Waals surface area contributed by atoms with E-state index in [0.29, 0.717) is 27.7 Å². The van der Waals surface area contributed by atoms with E-state index < -0.39 is 23.8 Å². The molecule has 5 rings (SSSR count). The van der Waals surface area contributed by atoms with Crippen LogP contribution in [0.3, 0.4) is 0 Å². The van der Waals surface area contributed by atoms with Crippen molar-refractivity contribution < 1.29 is 19.5 Å². The number of aromatic nitrogens is 6. The van der Waals surface area contributed by atoms with Crippen molar-refractivity contribution in [1.82, 2.24) is 35.3 Å². The van der Waals surface area contributed by atoms with E-state index in [2.05, 4.69) is 31.3 Å². The summed E-state index contributed by atoms with van der Waals surface area (Å²) in [5.74, 6) is -2.11. The van der Waals surface area contributed by atoms with E-state index in [1.807, 2.05) is 24.3 Å². The molecule has 0 aliphatic rings. The van der Waals surface area contributed by atoms with Gasteiger partial charge in [-0.1, -0.05) is 29.8 Å². The van der Waals surface area contributed by atoms with Crippen LogP contribution < -0.4 is 10.6 Å². The Hall–Kier alpha value is -5.36. The van der Waals surface area contributed by atoms with Gasteiger partial charge in [-0.3, -0.25) is 14.3 Å². The van der Waals surface area contributed by atoms with E-state index in [4.69, 9.17) is 16.7 Å². The molecule has 3 aromatic carbocycles. The number of benzene rings is 3. The lowest BCUT2D eigenvalue weighted by molar-refractivity contribution is -0.123. The SMILES string of the molecule is Cn1nc(C[C@H](NC(=O)C=Cc2cc(Cl)ccc2-n2cnnn2)C(=O)Nc2ccc(C(=O)O)cc2)c2ccccc21. The van der Waals surface area contributed by atoms with Crippen LogP contribution in [-0.4, -0.2) is 58.9 Å². The molecule has 0 saturated heterocycles. The number of aromatic carboxylic acids is 1. The fourth-order valence-corrected chi connectivity index (χ4v) is 4.47. The third kappa shape index (κ3) is 6.28. The molecule has 2 aromatic heterocycles. The number of nitrogens with one attached hydrogen (secondary N) is 2. The summed E-state index contributed by atoms with van der Waals surface area (Å²) in [7, 11) is 1.81. The fourth-order valence-electron chi connectivity index (χ4n) is 4.29. The number of hydrogen-bond acceptors (Lipinski definition) is 7. The average Bonchev–Trinajstić information content (AvgIpc) is 3.60. The van der Waals surface area contributed by atoms with Gasteiger partial charge < -0.3 is 15.7 Å². The average molecular weight is 571 g/mol. The molecule has 1 atom stereocenters. The van der Waals surface area contributed by atoms with Crippen molar-refractivity contribution in [1.29, 1.82) is 0 Å². The number of carbonyl (C=O) groups excluding carboxylic acids is 2. The number of carboxylic acid groups (broad SMARTS) is 1. The predicted molar refractivity (Wildman–Crippen MR) is 152 cm³/mol. The van der Waals surface area contributed by atoms with E-state index in [1.54, 1.807) is 36.0 Å². The van der Waals surface area contributed by atoms with Crippen LogP contribution in [0.15, 0.2) is 79.1 Å². The van der Waals surface area contributed by atoms with Gasteiger partial charge in [0.05, 0.1) is 22.5 Å². The molecule has 0 bridgehead atoms. The third-order valence-electron chi connectivity index (χ3n) is 6.26. The maximum absolute atomic E-state index is 13.4. The molecule has 2 heterocycles. The summed E-state index contributed by atoms with van der Waals surface area (Å²) in [5.41, 5.74) is 3.15. The van der Waals surface area contributed by atoms with Gasteiger partial charge in [0.25, 0.3) is 0 Å². The normalized spacial score (nSPS) is 12.0. The number of hydrogen-bond donors (Lipinski definition) is 3. The first-order valence-corrected chi connectivity index (χ1v) is 12.7. The number of tetrazole rings is 1. The lowest BCUT2D eigenvalue weighted by atomic mass is 10.1. The maximum Gasteiger partial charge on any atom is 0.335 e. The topological polar surface area (TPSA) is 157 Å². The van der Waals surface area contributed by atoms with Crippen molar-refractivity contribution in [3.63, 3.8) is 0 Å². The quantitative estimate of drug-likeness (QED) is 0.228. The van der Waals surface area contributed by atoms with Gasteiger partial charge in [-0.25, -0.2) is 4.79 Å². The van der Waals surface area contributed by atoms with Crippen LogP contribution in [0.25, 0.3) is 22.7 Å². The van der Waals surface area contributed by atoms with Gasteiger partial charge >= 0.3 is 5.97 Å². The zero-order chi connectivity index (χ0) is 28.9. The molecule has 12 nitrogen and oxygen atoms in total. The smallest absolute Gasteiger partial charge is 0.335 e. The van der Waals surface area contributed by atoms with Gasteiger partial charge in [-0.15, -0.1) is 5.10 Å². The van der Waals surface area contributed by atoms with E-state index in [1.165, 1.54) is 41.4 Å². The highest BCUT2D eigenvalue weighted by Gasteiger charge is 2.24. The molecule has 0 aliphatic carbocycles. The zero-order valence-corrected chi connectivity index (χ0v) is 22.4. The number of amides is 2. The largest absolute Gasteiger partial charge is 0.478 e. The van der Waals surface area contributed by atoms with Crippen LogP contribution in [0.1, 0.15) is 21.6 Å². The first kappa shape index (κ1) is 27.2. The molecular weight excluding hydrogens is 548 g/mol. The second-order valence-electron chi connectivity index (χ2n) is 9.02. The molecule has 0 radical (unpaired) electrons. The van der Waals surface area contributed by atoms with Crippen molar-refractivity contribution in [2.75, 3.05) is 5.32 Å².